The zero-order valence-electron chi connectivity index (χ0n) is 12.4. The zero-order chi connectivity index (χ0) is 14.4. The van der Waals surface area contributed by atoms with Crippen LogP contribution in [0.15, 0.2) is 5.16 Å². The van der Waals surface area contributed by atoms with E-state index >= 15 is 0 Å². The second-order valence-electron chi connectivity index (χ2n) is 4.71. The monoisotopic (exact) mass is 297 g/mol. The average molecular weight is 297 g/mol. The molecular formula is C13H23N5OS. The Hall–Kier alpha value is -1.08. The minimum Gasteiger partial charge on any atom is -0.378 e. The first-order chi connectivity index (χ1) is 9.72. The summed E-state index contributed by atoms with van der Waals surface area (Å²) in [5, 5.41) is 4.49. The second-order valence-corrected chi connectivity index (χ2v) is 6.11. The lowest BCUT2D eigenvalue weighted by molar-refractivity contribution is 0.122. The third-order valence-electron chi connectivity index (χ3n) is 3.11. The van der Waals surface area contributed by atoms with Crippen molar-refractivity contribution < 1.29 is 4.74 Å². The molecule has 0 bridgehead atoms. The molecule has 2 rings (SSSR count). The van der Waals surface area contributed by atoms with Crippen LogP contribution in [0.25, 0.3) is 0 Å². The second kappa shape index (κ2) is 7.64. The maximum Gasteiger partial charge on any atom is 0.231 e. The van der Waals surface area contributed by atoms with Gasteiger partial charge in [-0.05, 0) is 13.3 Å². The van der Waals surface area contributed by atoms with E-state index in [2.05, 4.69) is 39.0 Å². The van der Waals surface area contributed by atoms with Crippen LogP contribution in [0.5, 0.6) is 0 Å². The Kier molecular flexibility index (Phi) is 5.85. The van der Waals surface area contributed by atoms with Crippen molar-refractivity contribution >= 4 is 23.7 Å². The fourth-order valence-corrected chi connectivity index (χ4v) is 2.60. The Morgan fingerprint density at radius 3 is 2.65 bits per heavy atom. The maximum absolute atomic E-state index is 5.38. The molecule has 1 aromatic heterocycles. The molecule has 1 unspecified atom stereocenters. The summed E-state index contributed by atoms with van der Waals surface area (Å²) in [6, 6.07) is 0. The van der Waals surface area contributed by atoms with Crippen molar-refractivity contribution in [3.8, 4) is 0 Å². The van der Waals surface area contributed by atoms with Crippen LogP contribution in [0.2, 0.25) is 0 Å². The molecule has 1 aliphatic rings. The molecule has 0 aliphatic carbocycles. The van der Waals surface area contributed by atoms with Gasteiger partial charge in [0.25, 0.3) is 0 Å². The van der Waals surface area contributed by atoms with Crippen molar-refractivity contribution in [3.05, 3.63) is 0 Å². The molecule has 0 radical (unpaired) electrons. The molecule has 1 aromatic rings. The van der Waals surface area contributed by atoms with E-state index in [4.69, 9.17) is 4.74 Å². The first-order valence-corrected chi connectivity index (χ1v) is 8.10. The summed E-state index contributed by atoms with van der Waals surface area (Å²) in [6.45, 7) is 10.3. The number of ether oxygens (including phenoxy) is 1. The number of aromatic nitrogens is 3. The largest absolute Gasteiger partial charge is 0.378 e. The van der Waals surface area contributed by atoms with Gasteiger partial charge in [0, 0.05) is 24.9 Å². The summed E-state index contributed by atoms with van der Waals surface area (Å²) in [7, 11) is 0. The lowest BCUT2D eigenvalue weighted by atomic mass is 10.4. The van der Waals surface area contributed by atoms with Crippen molar-refractivity contribution in [3.63, 3.8) is 0 Å². The highest BCUT2D eigenvalue weighted by atomic mass is 32.2. The quantitative estimate of drug-likeness (QED) is 0.806. The van der Waals surface area contributed by atoms with Crippen LogP contribution in [-0.2, 0) is 4.74 Å². The van der Waals surface area contributed by atoms with Crippen molar-refractivity contribution in [2.45, 2.75) is 37.6 Å². The molecule has 0 saturated carbocycles. The lowest BCUT2D eigenvalue weighted by Crippen LogP contribution is -2.37. The van der Waals surface area contributed by atoms with Crippen LogP contribution in [0.4, 0.5) is 11.9 Å². The molecule has 0 spiro atoms. The van der Waals surface area contributed by atoms with E-state index in [-0.39, 0.29) is 0 Å². The van der Waals surface area contributed by atoms with Crippen LogP contribution in [0.1, 0.15) is 27.2 Å². The number of thioether (sulfide) groups is 1. The molecule has 2 heterocycles. The van der Waals surface area contributed by atoms with Gasteiger partial charge in [0.05, 0.1) is 13.2 Å². The predicted molar refractivity (Wildman–Crippen MR) is 82.6 cm³/mol. The van der Waals surface area contributed by atoms with E-state index in [0.717, 1.165) is 50.4 Å². The third-order valence-corrected chi connectivity index (χ3v) is 4.24. The molecular weight excluding hydrogens is 274 g/mol. The van der Waals surface area contributed by atoms with Gasteiger partial charge >= 0.3 is 0 Å². The number of anilines is 2. The highest BCUT2D eigenvalue weighted by molar-refractivity contribution is 7.99. The Morgan fingerprint density at radius 2 is 2.00 bits per heavy atom. The minimum absolute atomic E-state index is 0.504. The molecule has 20 heavy (non-hydrogen) atoms. The molecule has 6 nitrogen and oxygen atoms in total. The van der Waals surface area contributed by atoms with E-state index < -0.39 is 0 Å². The molecule has 7 heteroatoms. The van der Waals surface area contributed by atoms with Crippen LogP contribution in [0.3, 0.4) is 0 Å². The minimum atomic E-state index is 0.504. The van der Waals surface area contributed by atoms with Crippen LogP contribution in [0, 0.1) is 0 Å². The van der Waals surface area contributed by atoms with Crippen molar-refractivity contribution in [2.75, 3.05) is 43.1 Å². The van der Waals surface area contributed by atoms with Crippen molar-refractivity contribution in [1.82, 2.24) is 15.0 Å². The van der Waals surface area contributed by atoms with Gasteiger partial charge in [0.1, 0.15) is 0 Å². The Labute approximate surface area is 124 Å². The molecule has 0 amide bonds. The molecule has 1 atom stereocenters. The van der Waals surface area contributed by atoms with Gasteiger partial charge in [-0.1, -0.05) is 25.6 Å². The highest BCUT2D eigenvalue weighted by Gasteiger charge is 2.17. The average Bonchev–Trinajstić information content (AvgIpc) is 2.48. The van der Waals surface area contributed by atoms with Gasteiger partial charge in [0.2, 0.25) is 11.9 Å². The van der Waals surface area contributed by atoms with E-state index in [0.29, 0.717) is 11.2 Å². The van der Waals surface area contributed by atoms with Gasteiger partial charge in [-0.3, -0.25) is 0 Å². The summed E-state index contributed by atoms with van der Waals surface area (Å²) in [5.41, 5.74) is 0. The van der Waals surface area contributed by atoms with Crippen LogP contribution >= 0.6 is 11.8 Å². The van der Waals surface area contributed by atoms with E-state index in [1.807, 2.05) is 6.92 Å². The molecule has 1 fully saturated rings. The van der Waals surface area contributed by atoms with E-state index in [9.17, 15) is 0 Å². The highest BCUT2D eigenvalue weighted by Crippen LogP contribution is 2.24. The third kappa shape index (κ3) is 4.21. The van der Waals surface area contributed by atoms with Crippen LogP contribution in [-0.4, -0.2) is 53.0 Å². The van der Waals surface area contributed by atoms with Gasteiger partial charge < -0.3 is 15.0 Å². The van der Waals surface area contributed by atoms with Gasteiger partial charge in [-0.15, -0.1) is 0 Å². The number of hydrogen-bond donors (Lipinski definition) is 1. The van der Waals surface area contributed by atoms with Crippen LogP contribution < -0.4 is 10.2 Å². The SMILES string of the molecule is CCNc1nc(SC(C)CC)nc(N2CCOCC2)n1. The lowest BCUT2D eigenvalue weighted by Gasteiger charge is -2.27. The smallest absolute Gasteiger partial charge is 0.231 e. The van der Waals surface area contributed by atoms with Crippen molar-refractivity contribution in [2.24, 2.45) is 0 Å². The summed E-state index contributed by atoms with van der Waals surface area (Å²) >= 11 is 1.70. The maximum atomic E-state index is 5.38. The fraction of sp³-hybridized carbons (Fsp3) is 0.769. The molecule has 1 saturated heterocycles. The topological polar surface area (TPSA) is 63.2 Å². The normalized spacial score (nSPS) is 17.1. The Morgan fingerprint density at radius 1 is 1.25 bits per heavy atom. The summed E-state index contributed by atoms with van der Waals surface area (Å²) in [5.74, 6) is 1.42. The number of nitrogens with one attached hydrogen (secondary N) is 1. The number of hydrogen-bond acceptors (Lipinski definition) is 7. The number of morpholine rings is 1. The van der Waals surface area contributed by atoms with E-state index in [1.165, 1.54) is 0 Å². The molecule has 112 valence electrons. The molecule has 0 aromatic carbocycles. The fourth-order valence-electron chi connectivity index (χ4n) is 1.80. The Bertz CT molecular complexity index is 425. The van der Waals surface area contributed by atoms with Crippen molar-refractivity contribution in [1.29, 1.82) is 0 Å². The first-order valence-electron chi connectivity index (χ1n) is 7.22. The molecule has 1 N–H and O–H groups in total. The molecule has 1 aliphatic heterocycles. The van der Waals surface area contributed by atoms with Gasteiger partial charge in [-0.25, -0.2) is 0 Å². The van der Waals surface area contributed by atoms with Gasteiger partial charge in [-0.2, -0.15) is 15.0 Å². The summed E-state index contributed by atoms with van der Waals surface area (Å²) in [6.07, 6.45) is 1.10. The van der Waals surface area contributed by atoms with Gasteiger partial charge in [0.15, 0.2) is 5.16 Å². The Balaban J connectivity index is 2.20. The first kappa shape index (κ1) is 15.3. The number of rotatable bonds is 6. The standard InChI is InChI=1S/C13H23N5OS/c1-4-10(3)20-13-16-11(14-5-2)15-12(17-13)18-6-8-19-9-7-18/h10H,4-9H2,1-3H3,(H,14,15,16,17). The summed E-state index contributed by atoms with van der Waals surface area (Å²) in [4.78, 5) is 15.7. The number of nitrogens with zero attached hydrogens (tertiary/aromatic N) is 4. The predicted octanol–water partition coefficient (Wildman–Crippen LogP) is 2.03. The summed E-state index contributed by atoms with van der Waals surface area (Å²) < 4.78 is 5.38. The van der Waals surface area contributed by atoms with E-state index in [1.54, 1.807) is 11.8 Å². The zero-order valence-corrected chi connectivity index (χ0v) is 13.2.